The molecule has 0 saturated heterocycles. The van der Waals surface area contributed by atoms with E-state index < -0.39 is 5.41 Å². The molecule has 0 radical (unpaired) electrons. The summed E-state index contributed by atoms with van der Waals surface area (Å²) in [6.45, 7) is 2.07. The molecule has 184 valence electrons. The maximum atomic E-state index is 13.3. The first-order valence-electron chi connectivity index (χ1n) is 11.6. The Hall–Kier alpha value is -2.74. The molecule has 0 unspecified atom stereocenters. The minimum Gasteiger partial charge on any atom is -0.334 e. The van der Waals surface area contributed by atoms with Crippen LogP contribution in [0.25, 0.3) is 11.5 Å². The van der Waals surface area contributed by atoms with E-state index in [1.54, 1.807) is 42.2 Å². The number of benzene rings is 2. The topological polar surface area (TPSA) is 68.9 Å². The van der Waals surface area contributed by atoms with Crippen molar-refractivity contribution < 1.29 is 13.7 Å². The van der Waals surface area contributed by atoms with Crippen molar-refractivity contribution in [3.63, 3.8) is 0 Å². The predicted molar refractivity (Wildman–Crippen MR) is 139 cm³/mol. The molecular formula is C27H22Cl2FN3O2S. The maximum Gasteiger partial charge on any atom is 0.257 e. The average Bonchev–Trinajstić information content (AvgIpc) is 3.47. The summed E-state index contributed by atoms with van der Waals surface area (Å²) < 4.78 is 18.7. The van der Waals surface area contributed by atoms with E-state index in [4.69, 9.17) is 27.7 Å². The Balaban J connectivity index is 1.32. The molecule has 0 aliphatic heterocycles. The van der Waals surface area contributed by atoms with E-state index in [9.17, 15) is 9.18 Å². The lowest BCUT2D eigenvalue weighted by Gasteiger charge is -2.16. The Morgan fingerprint density at radius 2 is 1.75 bits per heavy atom. The van der Waals surface area contributed by atoms with E-state index >= 15 is 0 Å². The number of thioether (sulfide) groups is 1. The van der Waals surface area contributed by atoms with Gasteiger partial charge in [-0.25, -0.2) is 9.37 Å². The lowest BCUT2D eigenvalue weighted by molar-refractivity contribution is -0.117. The van der Waals surface area contributed by atoms with Gasteiger partial charge in [-0.3, -0.25) is 4.79 Å². The number of nitrogens with zero attached hydrogens (tertiary/aromatic N) is 3. The maximum absolute atomic E-state index is 13.3. The van der Waals surface area contributed by atoms with E-state index in [0.717, 1.165) is 40.3 Å². The Morgan fingerprint density at radius 3 is 2.36 bits per heavy atom. The normalized spacial score (nSPS) is 14.1. The molecule has 1 fully saturated rings. The molecule has 2 aromatic carbocycles. The van der Waals surface area contributed by atoms with Crippen LogP contribution in [0, 0.1) is 5.82 Å². The summed E-state index contributed by atoms with van der Waals surface area (Å²) in [5.74, 6) is 1.46. The summed E-state index contributed by atoms with van der Waals surface area (Å²) in [6.07, 6.45) is 3.80. The quantitative estimate of drug-likeness (QED) is 0.210. The SMILES string of the molecule is CCSc1ccc(CC(=O)Cc2cc(Cl)c(C3(c4noc(-c5ccc(F)cc5)n4)CC3)c(Cl)c2)cn1. The fourth-order valence-electron chi connectivity index (χ4n) is 4.29. The van der Waals surface area contributed by atoms with Gasteiger partial charge in [0.1, 0.15) is 11.6 Å². The van der Waals surface area contributed by atoms with Crippen LogP contribution < -0.4 is 0 Å². The van der Waals surface area contributed by atoms with E-state index in [-0.39, 0.29) is 18.0 Å². The molecule has 0 atom stereocenters. The second-order valence-corrected chi connectivity index (χ2v) is 10.9. The van der Waals surface area contributed by atoms with Crippen LogP contribution in [-0.4, -0.2) is 26.7 Å². The average molecular weight is 542 g/mol. The Bertz CT molecular complexity index is 1380. The zero-order valence-electron chi connectivity index (χ0n) is 19.4. The molecule has 1 saturated carbocycles. The number of Topliss-reactive ketones (excluding diaryl/α,β-unsaturated/α-hetero) is 1. The van der Waals surface area contributed by atoms with Crippen LogP contribution in [0.5, 0.6) is 0 Å². The molecular weight excluding hydrogens is 520 g/mol. The van der Waals surface area contributed by atoms with Crippen LogP contribution in [-0.2, 0) is 23.1 Å². The van der Waals surface area contributed by atoms with Crippen molar-refractivity contribution in [3.05, 3.63) is 93.1 Å². The number of pyridine rings is 1. The van der Waals surface area contributed by atoms with Crippen molar-refractivity contribution in [2.24, 2.45) is 0 Å². The smallest absolute Gasteiger partial charge is 0.257 e. The number of hydrogen-bond acceptors (Lipinski definition) is 6. The molecule has 2 aromatic heterocycles. The summed E-state index contributed by atoms with van der Waals surface area (Å²) in [6, 6.07) is 13.3. The van der Waals surface area contributed by atoms with Crippen molar-refractivity contribution in [1.82, 2.24) is 15.1 Å². The third-order valence-electron chi connectivity index (χ3n) is 6.17. The van der Waals surface area contributed by atoms with Crippen LogP contribution in [0.15, 0.2) is 64.3 Å². The number of aromatic nitrogens is 3. The molecule has 0 spiro atoms. The second kappa shape index (κ2) is 10.3. The summed E-state index contributed by atoms with van der Waals surface area (Å²) in [5.41, 5.74) is 2.45. The molecule has 1 aliphatic rings. The van der Waals surface area contributed by atoms with Gasteiger partial charge in [0, 0.05) is 40.2 Å². The Morgan fingerprint density at radius 1 is 1.06 bits per heavy atom. The highest BCUT2D eigenvalue weighted by Crippen LogP contribution is 2.56. The van der Waals surface area contributed by atoms with Gasteiger partial charge in [0.05, 0.1) is 10.4 Å². The van der Waals surface area contributed by atoms with Gasteiger partial charge in [-0.1, -0.05) is 41.3 Å². The number of carbonyl (C=O) groups excluding carboxylic acids is 1. The fourth-order valence-corrected chi connectivity index (χ4v) is 5.77. The first kappa shape index (κ1) is 24.9. The van der Waals surface area contributed by atoms with E-state index in [1.807, 2.05) is 12.1 Å². The number of carbonyl (C=O) groups is 1. The molecule has 0 N–H and O–H groups in total. The van der Waals surface area contributed by atoms with E-state index in [0.29, 0.717) is 33.7 Å². The lowest BCUT2D eigenvalue weighted by Crippen LogP contribution is -2.13. The molecule has 4 aromatic rings. The van der Waals surface area contributed by atoms with Crippen LogP contribution >= 0.6 is 35.0 Å². The van der Waals surface area contributed by atoms with Crippen molar-refractivity contribution in [2.45, 2.75) is 43.0 Å². The molecule has 2 heterocycles. The van der Waals surface area contributed by atoms with Crippen molar-refractivity contribution in [1.29, 1.82) is 0 Å². The van der Waals surface area contributed by atoms with Gasteiger partial charge in [-0.2, -0.15) is 4.98 Å². The van der Waals surface area contributed by atoms with Gasteiger partial charge >= 0.3 is 0 Å². The van der Waals surface area contributed by atoms with Gasteiger partial charge in [0.2, 0.25) is 0 Å². The lowest BCUT2D eigenvalue weighted by atomic mass is 9.92. The zero-order chi connectivity index (χ0) is 25.3. The fraction of sp³-hybridized carbons (Fsp3) is 0.259. The van der Waals surface area contributed by atoms with Crippen molar-refractivity contribution in [2.75, 3.05) is 5.75 Å². The predicted octanol–water partition coefficient (Wildman–Crippen LogP) is 7.12. The largest absolute Gasteiger partial charge is 0.334 e. The summed E-state index contributed by atoms with van der Waals surface area (Å²) >= 11 is 15.1. The summed E-state index contributed by atoms with van der Waals surface area (Å²) in [4.78, 5) is 21.7. The van der Waals surface area contributed by atoms with Gasteiger partial charge in [0.15, 0.2) is 5.82 Å². The monoisotopic (exact) mass is 541 g/mol. The number of rotatable bonds is 9. The number of hydrogen-bond donors (Lipinski definition) is 0. The van der Waals surface area contributed by atoms with Crippen molar-refractivity contribution in [3.8, 4) is 11.5 Å². The summed E-state index contributed by atoms with van der Waals surface area (Å²) in [5, 5.41) is 6.07. The minimum atomic E-state index is -0.539. The molecule has 1 aliphatic carbocycles. The van der Waals surface area contributed by atoms with Crippen LogP contribution in [0.4, 0.5) is 4.39 Å². The highest BCUT2D eigenvalue weighted by atomic mass is 35.5. The number of ketones is 1. The zero-order valence-corrected chi connectivity index (χ0v) is 21.8. The third kappa shape index (κ3) is 5.19. The van der Waals surface area contributed by atoms with E-state index in [1.165, 1.54) is 12.1 Å². The van der Waals surface area contributed by atoms with E-state index in [2.05, 4.69) is 22.0 Å². The van der Waals surface area contributed by atoms with Gasteiger partial charge in [-0.15, -0.1) is 11.8 Å². The highest BCUT2D eigenvalue weighted by molar-refractivity contribution is 7.99. The summed E-state index contributed by atoms with van der Waals surface area (Å²) in [7, 11) is 0. The second-order valence-electron chi connectivity index (χ2n) is 8.78. The Kier molecular flexibility index (Phi) is 7.15. The molecule has 0 amide bonds. The molecule has 5 nitrogen and oxygen atoms in total. The van der Waals surface area contributed by atoms with Crippen LogP contribution in [0.3, 0.4) is 0 Å². The molecule has 0 bridgehead atoms. The van der Waals surface area contributed by atoms with Crippen LogP contribution in [0.1, 0.15) is 42.3 Å². The van der Waals surface area contributed by atoms with Gasteiger partial charge in [-0.05, 0) is 72.2 Å². The third-order valence-corrected chi connectivity index (χ3v) is 7.59. The molecule has 36 heavy (non-hydrogen) atoms. The van der Waals surface area contributed by atoms with Gasteiger partial charge in [0.25, 0.3) is 5.89 Å². The molecule has 9 heteroatoms. The van der Waals surface area contributed by atoms with Gasteiger partial charge < -0.3 is 4.52 Å². The minimum absolute atomic E-state index is 0.0517. The van der Waals surface area contributed by atoms with Crippen molar-refractivity contribution >= 4 is 40.7 Å². The number of halogens is 3. The Labute approximate surface area is 222 Å². The highest BCUT2D eigenvalue weighted by Gasteiger charge is 2.52. The molecule has 5 rings (SSSR count). The van der Waals surface area contributed by atoms with Crippen LogP contribution in [0.2, 0.25) is 10.0 Å². The first-order valence-corrected chi connectivity index (χ1v) is 13.3. The first-order chi connectivity index (χ1) is 17.4. The standard InChI is InChI=1S/C27H22Cl2FN3O2S/c1-2-36-23-8-3-16(15-31-23)11-20(34)12-17-13-21(28)24(22(29)14-17)27(9-10-27)26-32-25(35-33-26)18-4-6-19(30)7-5-18/h3-8,13-15H,2,9-12H2,1H3.